The van der Waals surface area contributed by atoms with Gasteiger partial charge < -0.3 is 15.4 Å². The van der Waals surface area contributed by atoms with Gasteiger partial charge in [-0.1, -0.05) is 17.3 Å². The monoisotopic (exact) mass is 397 g/mol. The largest absolute Gasteiger partial charge is 0.484 e. The molecule has 1 saturated heterocycles. The van der Waals surface area contributed by atoms with Crippen molar-refractivity contribution in [2.75, 3.05) is 19.7 Å². The minimum atomic E-state index is -4.38. The highest BCUT2D eigenvalue weighted by Gasteiger charge is 2.28. The number of hydrogen-bond donors (Lipinski definition) is 2. The molecule has 7 nitrogen and oxygen atoms in total. The highest BCUT2D eigenvalue weighted by atomic mass is 19.4. The highest BCUT2D eigenvalue weighted by molar-refractivity contribution is 5.93. The summed E-state index contributed by atoms with van der Waals surface area (Å²) in [6, 6.07) is 6.31. The fourth-order valence-electron chi connectivity index (χ4n) is 3.08. The topological polar surface area (TPSA) is 81.1 Å². The highest BCUT2D eigenvalue weighted by Crippen LogP contribution is 2.21. The van der Waals surface area contributed by atoms with Crippen molar-refractivity contribution in [1.82, 2.24) is 25.6 Å². The van der Waals surface area contributed by atoms with Gasteiger partial charge in [0.15, 0.2) is 12.3 Å². The number of rotatable bonds is 6. The molecule has 1 aromatic heterocycles. The number of amides is 1. The van der Waals surface area contributed by atoms with Crippen molar-refractivity contribution in [1.29, 1.82) is 0 Å². The summed E-state index contributed by atoms with van der Waals surface area (Å²) in [5.74, 6) is -0.219. The third kappa shape index (κ3) is 5.22. The number of nitrogens with zero attached hydrogens (tertiary/aromatic N) is 3. The lowest BCUT2D eigenvalue weighted by atomic mass is 10.1. The Morgan fingerprint density at radius 2 is 1.96 bits per heavy atom. The van der Waals surface area contributed by atoms with Crippen LogP contribution in [0.4, 0.5) is 13.2 Å². The molecule has 0 aliphatic carbocycles. The summed E-state index contributed by atoms with van der Waals surface area (Å²) in [5.41, 5.74) is 1.74. The number of halogens is 3. The average Bonchev–Trinajstić information content (AvgIpc) is 3.07. The normalized spacial score (nSPS) is 15.4. The van der Waals surface area contributed by atoms with E-state index in [1.165, 1.54) is 12.1 Å². The number of ether oxygens (including phenoxy) is 1. The van der Waals surface area contributed by atoms with E-state index in [9.17, 15) is 18.0 Å². The number of carbonyl (C=O) groups is 1. The summed E-state index contributed by atoms with van der Waals surface area (Å²) in [4.78, 5) is 12.4. The zero-order valence-corrected chi connectivity index (χ0v) is 15.4. The molecule has 1 amide bonds. The maximum Gasteiger partial charge on any atom is 0.422 e. The van der Waals surface area contributed by atoms with Crippen molar-refractivity contribution in [3.8, 4) is 5.75 Å². The van der Waals surface area contributed by atoms with Crippen LogP contribution in [-0.2, 0) is 6.54 Å². The maximum atomic E-state index is 12.4. The summed E-state index contributed by atoms with van der Waals surface area (Å²) < 4.78 is 42.9. The number of alkyl halides is 3. The molecule has 0 saturated carbocycles. The first-order valence-corrected chi connectivity index (χ1v) is 9.02. The molecule has 152 valence electrons. The molecule has 0 radical (unpaired) electrons. The fraction of sp³-hybridized carbons (Fsp3) is 0.500. The van der Waals surface area contributed by atoms with Crippen molar-refractivity contribution >= 4 is 5.91 Å². The Balaban J connectivity index is 1.55. The third-order valence-electron chi connectivity index (χ3n) is 4.58. The minimum absolute atomic E-state index is 0.119. The molecule has 1 aliphatic rings. The van der Waals surface area contributed by atoms with Crippen LogP contribution in [-0.4, -0.2) is 46.8 Å². The van der Waals surface area contributed by atoms with E-state index in [1.807, 2.05) is 11.6 Å². The first kappa shape index (κ1) is 20.1. The lowest BCUT2D eigenvalue weighted by Gasteiger charge is -2.23. The lowest BCUT2D eigenvalue weighted by molar-refractivity contribution is -0.153. The van der Waals surface area contributed by atoms with Crippen LogP contribution in [0.3, 0.4) is 0 Å². The number of nitrogens with one attached hydrogen (secondary N) is 2. The van der Waals surface area contributed by atoms with Crippen LogP contribution in [0.5, 0.6) is 5.75 Å². The van der Waals surface area contributed by atoms with Gasteiger partial charge in [0, 0.05) is 6.54 Å². The molecule has 10 heteroatoms. The summed E-state index contributed by atoms with van der Waals surface area (Å²) in [5, 5.41) is 14.2. The molecule has 1 aliphatic heterocycles. The second-order valence-electron chi connectivity index (χ2n) is 6.68. The molecule has 28 heavy (non-hydrogen) atoms. The van der Waals surface area contributed by atoms with Gasteiger partial charge in [0.2, 0.25) is 0 Å². The Morgan fingerprint density at radius 3 is 2.61 bits per heavy atom. The third-order valence-corrected chi connectivity index (χ3v) is 4.58. The first-order valence-electron chi connectivity index (χ1n) is 9.02. The second kappa shape index (κ2) is 8.59. The van der Waals surface area contributed by atoms with Crippen molar-refractivity contribution in [2.45, 2.75) is 38.5 Å². The Kier molecular flexibility index (Phi) is 6.18. The van der Waals surface area contributed by atoms with E-state index in [2.05, 4.69) is 25.7 Å². The summed E-state index contributed by atoms with van der Waals surface area (Å²) in [7, 11) is 0. The van der Waals surface area contributed by atoms with E-state index in [0.29, 0.717) is 0 Å². The molecule has 2 aromatic rings. The van der Waals surface area contributed by atoms with Crippen LogP contribution >= 0.6 is 0 Å². The zero-order valence-electron chi connectivity index (χ0n) is 15.4. The van der Waals surface area contributed by atoms with Crippen LogP contribution in [0, 0.1) is 6.92 Å². The van der Waals surface area contributed by atoms with E-state index in [0.717, 1.165) is 37.2 Å². The SMILES string of the molecule is Cc1c(C(=O)NCc2ccc(OCC(F)(F)F)cc2)nnn1C1CCNCC1. The summed E-state index contributed by atoms with van der Waals surface area (Å²) >= 11 is 0. The van der Waals surface area contributed by atoms with E-state index in [4.69, 9.17) is 0 Å². The van der Waals surface area contributed by atoms with Crippen molar-refractivity contribution in [3.63, 3.8) is 0 Å². The molecule has 0 atom stereocenters. The van der Waals surface area contributed by atoms with Gasteiger partial charge in [0.25, 0.3) is 5.91 Å². The first-order chi connectivity index (χ1) is 13.3. The Morgan fingerprint density at radius 1 is 1.29 bits per heavy atom. The number of aromatic nitrogens is 3. The average molecular weight is 397 g/mol. The van der Waals surface area contributed by atoms with E-state index < -0.39 is 12.8 Å². The smallest absolute Gasteiger partial charge is 0.422 e. The number of carbonyl (C=O) groups excluding carboxylic acids is 1. The lowest BCUT2D eigenvalue weighted by Crippen LogP contribution is -2.30. The van der Waals surface area contributed by atoms with Crippen LogP contribution < -0.4 is 15.4 Å². The molecule has 3 rings (SSSR count). The second-order valence-corrected chi connectivity index (χ2v) is 6.68. The summed E-state index contributed by atoms with van der Waals surface area (Å²) in [6.45, 7) is 2.53. The molecule has 2 heterocycles. The van der Waals surface area contributed by atoms with E-state index >= 15 is 0 Å². The molecule has 0 spiro atoms. The molecule has 1 aromatic carbocycles. The van der Waals surface area contributed by atoms with Crippen LogP contribution in [0.2, 0.25) is 0 Å². The van der Waals surface area contributed by atoms with Gasteiger partial charge in [-0.05, 0) is 50.6 Å². The van der Waals surface area contributed by atoms with Gasteiger partial charge in [-0.15, -0.1) is 5.10 Å². The quantitative estimate of drug-likeness (QED) is 0.782. The van der Waals surface area contributed by atoms with Crippen molar-refractivity contribution in [3.05, 3.63) is 41.2 Å². The van der Waals surface area contributed by atoms with Crippen LogP contribution in [0.15, 0.2) is 24.3 Å². The number of hydrogen-bond acceptors (Lipinski definition) is 5. The van der Waals surface area contributed by atoms with Crippen molar-refractivity contribution < 1.29 is 22.7 Å². The van der Waals surface area contributed by atoms with E-state index in [1.54, 1.807) is 12.1 Å². The standard InChI is InChI=1S/C18H22F3N5O2/c1-12-16(24-25-26(12)14-6-8-22-9-7-14)17(27)23-10-13-2-4-15(5-3-13)28-11-18(19,20)21/h2-5,14,22H,6-11H2,1H3,(H,23,27). The van der Waals surface area contributed by atoms with Crippen molar-refractivity contribution in [2.24, 2.45) is 0 Å². The van der Waals surface area contributed by atoms with Gasteiger partial charge in [0.1, 0.15) is 5.75 Å². The summed E-state index contributed by atoms with van der Waals surface area (Å²) in [6.07, 6.45) is -2.50. The molecule has 0 unspecified atom stereocenters. The predicted octanol–water partition coefficient (Wildman–Crippen LogP) is 2.38. The minimum Gasteiger partial charge on any atom is -0.484 e. The van der Waals surface area contributed by atoms with Gasteiger partial charge in [-0.25, -0.2) is 4.68 Å². The van der Waals surface area contributed by atoms with Crippen LogP contribution in [0.1, 0.15) is 40.6 Å². The van der Waals surface area contributed by atoms with Gasteiger partial charge in [0.05, 0.1) is 11.7 Å². The Bertz CT molecular complexity index is 799. The predicted molar refractivity (Wildman–Crippen MR) is 95.1 cm³/mol. The van der Waals surface area contributed by atoms with Crippen LogP contribution in [0.25, 0.3) is 0 Å². The Labute approximate surface area is 160 Å². The maximum absolute atomic E-state index is 12.4. The van der Waals surface area contributed by atoms with E-state index in [-0.39, 0.29) is 29.9 Å². The Hall–Kier alpha value is -2.62. The number of benzene rings is 1. The van der Waals surface area contributed by atoms with Gasteiger partial charge in [-0.3, -0.25) is 4.79 Å². The fourth-order valence-corrected chi connectivity index (χ4v) is 3.08. The zero-order chi connectivity index (χ0) is 20.1. The van der Waals surface area contributed by atoms with Gasteiger partial charge in [-0.2, -0.15) is 13.2 Å². The molecule has 2 N–H and O–H groups in total. The number of piperidine rings is 1. The molecular weight excluding hydrogens is 375 g/mol. The van der Waals surface area contributed by atoms with Gasteiger partial charge >= 0.3 is 6.18 Å². The molecular formula is C18H22F3N5O2. The molecule has 1 fully saturated rings. The molecule has 0 bridgehead atoms.